The van der Waals surface area contributed by atoms with Gasteiger partial charge in [-0.1, -0.05) is 6.07 Å². The zero-order chi connectivity index (χ0) is 11.8. The number of benzene rings is 2. The van der Waals surface area contributed by atoms with Gasteiger partial charge in [-0.25, -0.2) is 4.39 Å². The van der Waals surface area contributed by atoms with Crippen molar-refractivity contribution in [3.8, 4) is 28.4 Å². The van der Waals surface area contributed by atoms with Crippen molar-refractivity contribution in [3.63, 3.8) is 0 Å². The molecule has 0 spiro atoms. The van der Waals surface area contributed by atoms with Crippen LogP contribution in [0.1, 0.15) is 0 Å². The number of hydrogen-bond acceptors (Lipinski definition) is 3. The highest BCUT2D eigenvalue weighted by Gasteiger charge is 2.14. The molecule has 0 amide bonds. The van der Waals surface area contributed by atoms with Gasteiger partial charge in [0.25, 0.3) is 0 Å². The SMILES string of the molecule is Oc1cc(F)cc(-c2ccc3c(c2)OCO3)c1. The molecule has 3 rings (SSSR count). The molecule has 4 heteroatoms. The quantitative estimate of drug-likeness (QED) is 0.821. The van der Waals surface area contributed by atoms with Crippen LogP contribution in [0.2, 0.25) is 0 Å². The van der Waals surface area contributed by atoms with Crippen LogP contribution in [0.25, 0.3) is 11.1 Å². The van der Waals surface area contributed by atoms with Crippen LogP contribution in [-0.2, 0) is 0 Å². The van der Waals surface area contributed by atoms with Gasteiger partial charge < -0.3 is 14.6 Å². The molecule has 0 unspecified atom stereocenters. The number of phenolic OH excluding ortho intramolecular Hbond substituents is 1. The molecule has 0 saturated carbocycles. The third-order valence-corrected chi connectivity index (χ3v) is 2.59. The summed E-state index contributed by atoms with van der Waals surface area (Å²) in [5, 5.41) is 9.35. The van der Waals surface area contributed by atoms with E-state index in [4.69, 9.17) is 9.47 Å². The molecule has 17 heavy (non-hydrogen) atoms. The summed E-state index contributed by atoms with van der Waals surface area (Å²) in [6, 6.07) is 9.24. The molecule has 86 valence electrons. The molecule has 3 nitrogen and oxygen atoms in total. The van der Waals surface area contributed by atoms with E-state index in [0.29, 0.717) is 17.1 Å². The molecule has 0 aromatic heterocycles. The lowest BCUT2D eigenvalue weighted by Crippen LogP contribution is -1.92. The van der Waals surface area contributed by atoms with Crippen LogP contribution in [0.15, 0.2) is 36.4 Å². The zero-order valence-electron chi connectivity index (χ0n) is 8.81. The Bertz CT molecular complexity index is 561. The smallest absolute Gasteiger partial charge is 0.231 e. The summed E-state index contributed by atoms with van der Waals surface area (Å²) in [5.41, 5.74) is 1.37. The summed E-state index contributed by atoms with van der Waals surface area (Å²) in [6.07, 6.45) is 0. The molecule has 1 heterocycles. The molecular formula is C13H9FO3. The lowest BCUT2D eigenvalue weighted by Gasteiger charge is -2.04. The van der Waals surface area contributed by atoms with E-state index in [2.05, 4.69) is 0 Å². The molecule has 0 aliphatic carbocycles. The molecule has 0 atom stereocenters. The number of hydrogen-bond donors (Lipinski definition) is 1. The second-order valence-electron chi connectivity index (χ2n) is 3.77. The standard InChI is InChI=1S/C13H9FO3/c14-10-3-9(4-11(15)6-10)8-1-2-12-13(5-8)17-7-16-12/h1-6,15H,7H2. The maximum absolute atomic E-state index is 13.2. The summed E-state index contributed by atoms with van der Waals surface area (Å²) >= 11 is 0. The predicted molar refractivity (Wildman–Crippen MR) is 59.6 cm³/mol. The van der Waals surface area contributed by atoms with Crippen LogP contribution < -0.4 is 9.47 Å². The van der Waals surface area contributed by atoms with Gasteiger partial charge in [-0.05, 0) is 35.4 Å². The highest BCUT2D eigenvalue weighted by molar-refractivity contribution is 5.68. The lowest BCUT2D eigenvalue weighted by atomic mass is 10.0. The molecule has 1 aliphatic rings. The van der Waals surface area contributed by atoms with Crippen LogP contribution in [0.4, 0.5) is 4.39 Å². The Morgan fingerprint density at radius 1 is 0.941 bits per heavy atom. The first-order valence-corrected chi connectivity index (χ1v) is 5.12. The average Bonchev–Trinajstić information content (AvgIpc) is 2.74. The van der Waals surface area contributed by atoms with Crippen LogP contribution in [0.3, 0.4) is 0 Å². The molecule has 1 aliphatic heterocycles. The fraction of sp³-hybridized carbons (Fsp3) is 0.0769. The van der Waals surface area contributed by atoms with Crippen molar-refractivity contribution in [1.82, 2.24) is 0 Å². The maximum atomic E-state index is 13.2. The Hall–Kier alpha value is -2.23. The predicted octanol–water partition coefficient (Wildman–Crippen LogP) is 2.93. The number of ether oxygens (including phenoxy) is 2. The number of rotatable bonds is 1. The van der Waals surface area contributed by atoms with E-state index in [1.807, 2.05) is 0 Å². The second kappa shape index (κ2) is 3.66. The second-order valence-corrected chi connectivity index (χ2v) is 3.77. The van der Waals surface area contributed by atoms with Crippen molar-refractivity contribution in [1.29, 1.82) is 0 Å². The van der Waals surface area contributed by atoms with Crippen LogP contribution >= 0.6 is 0 Å². The van der Waals surface area contributed by atoms with Crippen LogP contribution in [-0.4, -0.2) is 11.9 Å². The van der Waals surface area contributed by atoms with Crippen LogP contribution in [0, 0.1) is 5.82 Å². The monoisotopic (exact) mass is 232 g/mol. The molecule has 1 N–H and O–H groups in total. The van der Waals surface area contributed by atoms with Gasteiger partial charge in [0.05, 0.1) is 0 Å². The van der Waals surface area contributed by atoms with E-state index < -0.39 is 5.82 Å². The van der Waals surface area contributed by atoms with E-state index in [1.165, 1.54) is 12.1 Å². The third-order valence-electron chi connectivity index (χ3n) is 2.59. The Kier molecular flexibility index (Phi) is 2.14. The van der Waals surface area contributed by atoms with E-state index in [-0.39, 0.29) is 12.5 Å². The van der Waals surface area contributed by atoms with E-state index >= 15 is 0 Å². The fourth-order valence-corrected chi connectivity index (χ4v) is 1.82. The number of fused-ring (bicyclic) bond motifs is 1. The largest absolute Gasteiger partial charge is 0.508 e. The number of halogens is 1. The molecular weight excluding hydrogens is 223 g/mol. The van der Waals surface area contributed by atoms with Gasteiger partial charge in [0.15, 0.2) is 11.5 Å². The van der Waals surface area contributed by atoms with Crippen molar-refractivity contribution in [3.05, 3.63) is 42.2 Å². The molecule has 0 bridgehead atoms. The van der Waals surface area contributed by atoms with Gasteiger partial charge in [0, 0.05) is 6.07 Å². The van der Waals surface area contributed by atoms with E-state index in [0.717, 1.165) is 11.6 Å². The minimum Gasteiger partial charge on any atom is -0.508 e. The molecule has 2 aromatic rings. The van der Waals surface area contributed by atoms with E-state index in [9.17, 15) is 9.50 Å². The van der Waals surface area contributed by atoms with Crippen molar-refractivity contribution in [2.24, 2.45) is 0 Å². The van der Waals surface area contributed by atoms with Crippen molar-refractivity contribution in [2.75, 3.05) is 6.79 Å². The molecule has 0 fully saturated rings. The fourth-order valence-electron chi connectivity index (χ4n) is 1.82. The van der Waals surface area contributed by atoms with Crippen molar-refractivity contribution in [2.45, 2.75) is 0 Å². The zero-order valence-corrected chi connectivity index (χ0v) is 8.81. The minimum atomic E-state index is -0.474. The van der Waals surface area contributed by atoms with E-state index in [1.54, 1.807) is 18.2 Å². The highest BCUT2D eigenvalue weighted by Crippen LogP contribution is 2.36. The Morgan fingerprint density at radius 2 is 1.76 bits per heavy atom. The Labute approximate surface area is 97.0 Å². The van der Waals surface area contributed by atoms with Gasteiger partial charge in [0.2, 0.25) is 6.79 Å². The summed E-state index contributed by atoms with van der Waals surface area (Å²) in [6.45, 7) is 0.202. The first-order chi connectivity index (χ1) is 8.22. The number of aromatic hydroxyl groups is 1. The first-order valence-electron chi connectivity index (χ1n) is 5.12. The Morgan fingerprint density at radius 3 is 2.59 bits per heavy atom. The third kappa shape index (κ3) is 1.78. The molecule has 0 saturated heterocycles. The summed E-state index contributed by atoms with van der Waals surface area (Å²) < 4.78 is 23.6. The van der Waals surface area contributed by atoms with Gasteiger partial charge in [0.1, 0.15) is 11.6 Å². The van der Waals surface area contributed by atoms with Crippen molar-refractivity contribution >= 4 is 0 Å². The topological polar surface area (TPSA) is 38.7 Å². The maximum Gasteiger partial charge on any atom is 0.231 e. The van der Waals surface area contributed by atoms with Gasteiger partial charge >= 0.3 is 0 Å². The Balaban J connectivity index is 2.09. The number of phenols is 1. The van der Waals surface area contributed by atoms with Gasteiger partial charge in [-0.3, -0.25) is 0 Å². The summed E-state index contributed by atoms with van der Waals surface area (Å²) in [7, 11) is 0. The first kappa shape index (κ1) is 9.96. The molecule has 2 aromatic carbocycles. The highest BCUT2D eigenvalue weighted by atomic mass is 19.1. The van der Waals surface area contributed by atoms with Gasteiger partial charge in [-0.2, -0.15) is 0 Å². The minimum absolute atomic E-state index is 0.0994. The summed E-state index contributed by atoms with van der Waals surface area (Å²) in [4.78, 5) is 0. The lowest BCUT2D eigenvalue weighted by molar-refractivity contribution is 0.174. The average molecular weight is 232 g/mol. The summed E-state index contributed by atoms with van der Waals surface area (Å²) in [5.74, 6) is 0.732. The molecule has 0 radical (unpaired) electrons. The van der Waals surface area contributed by atoms with Gasteiger partial charge in [-0.15, -0.1) is 0 Å². The normalized spacial score (nSPS) is 12.8. The van der Waals surface area contributed by atoms with Crippen LogP contribution in [0.5, 0.6) is 17.2 Å². The van der Waals surface area contributed by atoms with Crippen molar-refractivity contribution < 1.29 is 19.0 Å².